The lowest BCUT2D eigenvalue weighted by Gasteiger charge is -2.22. The number of rotatable bonds is 2. The Bertz CT molecular complexity index is 495. The van der Waals surface area contributed by atoms with E-state index in [1.54, 1.807) is 0 Å². The van der Waals surface area contributed by atoms with Crippen molar-refractivity contribution < 1.29 is 35.5 Å². The fourth-order valence-electron chi connectivity index (χ4n) is 1.32. The highest BCUT2D eigenvalue weighted by atomic mass is 19.4. The average Bonchev–Trinajstić information content (AvgIpc) is 2.18. The molecule has 0 saturated heterocycles. The first-order valence-electron chi connectivity index (χ1n) is 4.92. The molecule has 3 nitrogen and oxygen atoms in total. The van der Waals surface area contributed by atoms with Crippen LogP contribution in [0.4, 0.5) is 42.1 Å². The number of amides is 1. The van der Waals surface area contributed by atoms with Crippen molar-refractivity contribution in [3.8, 4) is 0 Å². The van der Waals surface area contributed by atoms with Crippen molar-refractivity contribution in [2.75, 3.05) is 11.1 Å². The third-order valence-electron chi connectivity index (χ3n) is 2.19. The van der Waals surface area contributed by atoms with Crippen LogP contribution in [0.25, 0.3) is 0 Å². The molecule has 0 fully saturated rings. The largest absolute Gasteiger partial charge is 0.409 e. The molecule has 3 N–H and O–H groups in total. The summed E-state index contributed by atoms with van der Waals surface area (Å²) in [6.45, 7) is 0. The Morgan fingerprint density at radius 2 is 1.60 bits per heavy atom. The van der Waals surface area contributed by atoms with Gasteiger partial charge in [-0.15, -0.1) is 0 Å². The number of hydrogen-bond donors (Lipinski definition) is 2. The lowest BCUT2D eigenvalue weighted by Crippen LogP contribution is -2.45. The minimum absolute atomic E-state index is 0.372. The Labute approximate surface area is 107 Å². The monoisotopic (exact) mass is 304 g/mol. The quantitative estimate of drug-likeness (QED) is 0.651. The van der Waals surface area contributed by atoms with Gasteiger partial charge in [-0.05, 0) is 18.2 Å². The third-order valence-corrected chi connectivity index (χ3v) is 2.19. The number of benzene rings is 1. The topological polar surface area (TPSA) is 55.1 Å². The highest BCUT2D eigenvalue weighted by Gasteiger charge is 2.61. The van der Waals surface area contributed by atoms with Gasteiger partial charge in [0.25, 0.3) is 0 Å². The molecule has 20 heavy (non-hydrogen) atoms. The van der Waals surface area contributed by atoms with Crippen LogP contribution in [-0.2, 0) is 4.79 Å². The second-order valence-corrected chi connectivity index (χ2v) is 3.74. The van der Waals surface area contributed by atoms with Crippen molar-refractivity contribution in [3.05, 3.63) is 24.0 Å². The molecular formula is C10H7F7N2O. The number of nitrogen functional groups attached to an aromatic ring is 1. The van der Waals surface area contributed by atoms with E-state index in [4.69, 9.17) is 5.73 Å². The second kappa shape index (κ2) is 5.17. The minimum atomic E-state index is -5.83. The Kier molecular flexibility index (Phi) is 4.15. The Balaban J connectivity index is 3.07. The normalized spacial score (nSPS) is 12.6. The summed E-state index contributed by atoms with van der Waals surface area (Å²) in [5, 5.41) is 1.32. The van der Waals surface area contributed by atoms with Gasteiger partial charge in [-0.1, -0.05) is 0 Å². The second-order valence-electron chi connectivity index (χ2n) is 3.74. The van der Waals surface area contributed by atoms with Gasteiger partial charge in [-0.2, -0.15) is 26.3 Å². The summed E-state index contributed by atoms with van der Waals surface area (Å²) in [5.41, 5.74) is 4.17. The van der Waals surface area contributed by atoms with E-state index in [1.807, 2.05) is 0 Å². The van der Waals surface area contributed by atoms with Crippen LogP contribution in [-0.4, -0.2) is 18.3 Å². The molecular weight excluding hydrogens is 297 g/mol. The van der Waals surface area contributed by atoms with E-state index in [1.165, 1.54) is 5.32 Å². The molecule has 0 unspecified atom stereocenters. The maximum Gasteiger partial charge on any atom is 0.409 e. The molecule has 0 heterocycles. The van der Waals surface area contributed by atoms with E-state index in [-0.39, 0.29) is 5.69 Å². The van der Waals surface area contributed by atoms with Gasteiger partial charge in [-0.3, -0.25) is 4.79 Å². The summed E-state index contributed by atoms with van der Waals surface area (Å²) in [7, 11) is 0. The highest BCUT2D eigenvalue weighted by molar-refractivity contribution is 5.96. The van der Waals surface area contributed by atoms with Crippen molar-refractivity contribution in [3.63, 3.8) is 0 Å². The molecule has 1 aromatic carbocycles. The maximum absolute atomic E-state index is 12.8. The molecule has 0 bridgehead atoms. The van der Waals surface area contributed by atoms with E-state index in [2.05, 4.69) is 0 Å². The molecule has 0 aromatic heterocycles. The molecule has 1 aromatic rings. The zero-order valence-corrected chi connectivity index (χ0v) is 9.44. The molecule has 0 aliphatic heterocycles. The molecule has 1 rings (SSSR count). The number of carbonyl (C=O) groups is 1. The van der Waals surface area contributed by atoms with E-state index in [0.717, 1.165) is 12.1 Å². The van der Waals surface area contributed by atoms with Gasteiger partial charge in [-0.25, -0.2) is 4.39 Å². The summed E-state index contributed by atoms with van der Waals surface area (Å²) in [6, 6.07) is 2.23. The fraction of sp³-hybridized carbons (Fsp3) is 0.300. The van der Waals surface area contributed by atoms with Crippen LogP contribution < -0.4 is 11.1 Å². The van der Waals surface area contributed by atoms with Gasteiger partial charge in [0.1, 0.15) is 5.82 Å². The Morgan fingerprint density at radius 1 is 1.10 bits per heavy atom. The van der Waals surface area contributed by atoms with Crippen LogP contribution in [0.3, 0.4) is 0 Å². The van der Waals surface area contributed by atoms with Crippen LogP contribution in [0.1, 0.15) is 0 Å². The standard InChI is InChI=1S/C10H7F7N2O/c11-4-1-2-5(18)6(3-4)19-8(20)7(9(12,13)14)10(15,16)17/h1-3,7H,18H2,(H,19,20). The highest BCUT2D eigenvalue weighted by Crippen LogP contribution is 2.40. The molecule has 0 saturated carbocycles. The zero-order chi connectivity index (χ0) is 15.7. The van der Waals surface area contributed by atoms with Gasteiger partial charge in [0.2, 0.25) is 11.8 Å². The lowest BCUT2D eigenvalue weighted by molar-refractivity contribution is -0.272. The first-order chi connectivity index (χ1) is 8.93. The minimum Gasteiger partial charge on any atom is -0.397 e. The van der Waals surface area contributed by atoms with Crippen LogP contribution in [0.5, 0.6) is 0 Å². The first-order valence-corrected chi connectivity index (χ1v) is 4.92. The van der Waals surface area contributed by atoms with Crippen LogP contribution in [0, 0.1) is 11.7 Å². The first kappa shape index (κ1) is 16.1. The molecule has 0 aliphatic rings. The molecule has 0 spiro atoms. The van der Waals surface area contributed by atoms with Crippen LogP contribution >= 0.6 is 0 Å². The van der Waals surface area contributed by atoms with Crippen molar-refractivity contribution >= 4 is 17.3 Å². The van der Waals surface area contributed by atoms with Crippen molar-refractivity contribution in [2.45, 2.75) is 12.4 Å². The van der Waals surface area contributed by atoms with Crippen molar-refractivity contribution in [2.24, 2.45) is 5.92 Å². The maximum atomic E-state index is 12.8. The third kappa shape index (κ3) is 3.75. The van der Waals surface area contributed by atoms with Gasteiger partial charge < -0.3 is 11.1 Å². The molecule has 1 amide bonds. The summed E-state index contributed by atoms with van der Waals surface area (Å²) in [4.78, 5) is 11.1. The van der Waals surface area contributed by atoms with E-state index >= 15 is 0 Å². The van der Waals surface area contributed by atoms with Gasteiger partial charge in [0.05, 0.1) is 11.4 Å². The van der Waals surface area contributed by atoms with Crippen LogP contribution in [0.2, 0.25) is 0 Å². The molecule has 0 aliphatic carbocycles. The predicted octanol–water partition coefficient (Wildman–Crippen LogP) is 3.09. The van der Waals surface area contributed by atoms with E-state index in [0.29, 0.717) is 6.07 Å². The number of carbonyl (C=O) groups excluding carboxylic acids is 1. The summed E-state index contributed by atoms with van der Waals surface area (Å²) in [5.74, 6) is -7.59. The van der Waals surface area contributed by atoms with Crippen molar-refractivity contribution in [1.82, 2.24) is 0 Å². The van der Waals surface area contributed by atoms with Gasteiger partial charge >= 0.3 is 12.4 Å². The average molecular weight is 304 g/mol. The summed E-state index contributed by atoms with van der Waals surface area (Å²) < 4.78 is 86.4. The molecule has 10 heteroatoms. The fourth-order valence-corrected chi connectivity index (χ4v) is 1.32. The SMILES string of the molecule is Nc1ccc(F)cc1NC(=O)C(C(F)(F)F)C(F)(F)F. The van der Waals surface area contributed by atoms with Crippen LogP contribution in [0.15, 0.2) is 18.2 Å². The zero-order valence-electron chi connectivity index (χ0n) is 9.44. The van der Waals surface area contributed by atoms with Crippen molar-refractivity contribution in [1.29, 1.82) is 0 Å². The number of nitrogens with one attached hydrogen (secondary N) is 1. The van der Waals surface area contributed by atoms with E-state index in [9.17, 15) is 35.5 Å². The summed E-state index contributed by atoms with van der Waals surface area (Å²) in [6.07, 6.45) is -11.7. The smallest absolute Gasteiger partial charge is 0.397 e. The Hall–Kier alpha value is -2.00. The number of hydrogen-bond acceptors (Lipinski definition) is 2. The van der Waals surface area contributed by atoms with Gasteiger partial charge in [0, 0.05) is 0 Å². The molecule has 112 valence electrons. The number of halogens is 7. The number of nitrogens with two attached hydrogens (primary N) is 1. The Morgan fingerprint density at radius 3 is 2.05 bits per heavy atom. The lowest BCUT2D eigenvalue weighted by atomic mass is 10.1. The predicted molar refractivity (Wildman–Crippen MR) is 55.0 cm³/mol. The van der Waals surface area contributed by atoms with E-state index < -0.39 is 35.7 Å². The summed E-state index contributed by atoms with van der Waals surface area (Å²) >= 11 is 0. The molecule has 0 radical (unpaired) electrons. The van der Waals surface area contributed by atoms with Gasteiger partial charge in [0.15, 0.2) is 0 Å². The molecule has 0 atom stereocenters. The number of anilines is 2. The number of alkyl halides is 6.